The van der Waals surface area contributed by atoms with Crippen molar-refractivity contribution in [2.24, 2.45) is 0 Å². The van der Waals surface area contributed by atoms with Crippen LogP contribution in [0.3, 0.4) is 0 Å². The molecule has 2 aliphatic heterocycles. The van der Waals surface area contributed by atoms with Crippen LogP contribution in [0.4, 0.5) is 0 Å². The molecule has 4 nitrogen and oxygen atoms in total. The van der Waals surface area contributed by atoms with Crippen molar-refractivity contribution in [3.63, 3.8) is 0 Å². The first-order chi connectivity index (χ1) is 11.1. The molecule has 136 valence electrons. The van der Waals surface area contributed by atoms with E-state index in [-0.39, 0.29) is 0 Å². The number of hydrogen-bond acceptors (Lipinski definition) is 4. The highest BCUT2D eigenvalue weighted by molar-refractivity contribution is 4.91. The van der Waals surface area contributed by atoms with Crippen molar-refractivity contribution < 1.29 is 0 Å². The Morgan fingerprint density at radius 3 is 2.22 bits per heavy atom. The minimum Gasteiger partial charge on any atom is -0.362 e. The highest BCUT2D eigenvalue weighted by Gasteiger charge is 2.19. The molecule has 1 saturated heterocycles. The molecule has 1 unspecified atom stereocenters. The summed E-state index contributed by atoms with van der Waals surface area (Å²) in [5, 5.41) is 3.54. The van der Waals surface area contributed by atoms with E-state index in [1.54, 1.807) is 0 Å². The zero-order valence-electron chi connectivity index (χ0n) is 16.1. The van der Waals surface area contributed by atoms with Gasteiger partial charge in [0.15, 0.2) is 0 Å². The number of allylic oxidation sites excluding steroid dienone is 1. The number of nitrogens with zero attached hydrogens (tertiary/aromatic N) is 3. The Morgan fingerprint density at radius 2 is 1.61 bits per heavy atom. The van der Waals surface area contributed by atoms with Gasteiger partial charge in [0, 0.05) is 6.54 Å². The van der Waals surface area contributed by atoms with Gasteiger partial charge in [-0.05, 0) is 92.5 Å². The van der Waals surface area contributed by atoms with Gasteiger partial charge in [0.1, 0.15) is 0 Å². The van der Waals surface area contributed by atoms with Gasteiger partial charge in [-0.15, -0.1) is 0 Å². The summed E-state index contributed by atoms with van der Waals surface area (Å²) in [6.07, 6.45) is 15.9. The van der Waals surface area contributed by atoms with Crippen LogP contribution >= 0.6 is 0 Å². The van der Waals surface area contributed by atoms with E-state index in [1.807, 2.05) is 0 Å². The maximum Gasteiger partial charge on any atom is 0.0790 e. The number of fused-ring (bicyclic) bond motifs is 1. The zero-order chi connectivity index (χ0) is 16.9. The summed E-state index contributed by atoms with van der Waals surface area (Å²) in [7, 11) is 8.55. The summed E-state index contributed by atoms with van der Waals surface area (Å²) in [5.74, 6) is 0. The lowest BCUT2D eigenvalue weighted by molar-refractivity contribution is 0.184. The molecule has 0 amide bonds. The molecule has 2 rings (SSSR count). The Hall–Kier alpha value is -0.580. The lowest BCUT2D eigenvalue weighted by Crippen LogP contribution is -2.48. The Kier molecular flexibility index (Phi) is 11.4. The molecule has 0 bridgehead atoms. The van der Waals surface area contributed by atoms with E-state index in [1.165, 1.54) is 77.5 Å². The summed E-state index contributed by atoms with van der Waals surface area (Å²) < 4.78 is 0. The average Bonchev–Trinajstić information content (AvgIpc) is 2.76. The van der Waals surface area contributed by atoms with E-state index in [9.17, 15) is 0 Å². The maximum absolute atomic E-state index is 3.54. The van der Waals surface area contributed by atoms with Gasteiger partial charge in [-0.3, -0.25) is 5.32 Å². The van der Waals surface area contributed by atoms with Crippen LogP contribution < -0.4 is 5.32 Å². The second-order valence-electron chi connectivity index (χ2n) is 7.40. The van der Waals surface area contributed by atoms with Gasteiger partial charge in [0.2, 0.25) is 0 Å². The Bertz CT molecular complexity index is 290. The predicted octanol–water partition coefficient (Wildman–Crippen LogP) is 2.98. The molecule has 23 heavy (non-hydrogen) atoms. The van der Waals surface area contributed by atoms with Gasteiger partial charge >= 0.3 is 0 Å². The van der Waals surface area contributed by atoms with Gasteiger partial charge in [0.25, 0.3) is 0 Å². The Labute approximate surface area is 144 Å². The van der Waals surface area contributed by atoms with Crippen molar-refractivity contribution in [3.8, 4) is 0 Å². The summed E-state index contributed by atoms with van der Waals surface area (Å²) in [6.45, 7) is 4.92. The first kappa shape index (κ1) is 20.5. The van der Waals surface area contributed by atoms with E-state index >= 15 is 0 Å². The third-order valence-corrected chi connectivity index (χ3v) is 4.48. The predicted molar refractivity (Wildman–Crippen MR) is 102 cm³/mol. The van der Waals surface area contributed by atoms with E-state index in [0.717, 1.165) is 0 Å². The quantitative estimate of drug-likeness (QED) is 0.727. The fourth-order valence-corrected chi connectivity index (χ4v) is 3.10. The molecule has 0 aromatic carbocycles. The van der Waals surface area contributed by atoms with Crippen molar-refractivity contribution in [1.29, 1.82) is 0 Å². The Morgan fingerprint density at radius 1 is 0.957 bits per heavy atom. The van der Waals surface area contributed by atoms with Gasteiger partial charge in [0.05, 0.1) is 6.17 Å². The van der Waals surface area contributed by atoms with E-state index in [4.69, 9.17) is 0 Å². The maximum atomic E-state index is 3.54. The first-order valence-corrected chi connectivity index (χ1v) is 9.55. The van der Waals surface area contributed by atoms with Crippen molar-refractivity contribution in [1.82, 2.24) is 20.0 Å². The zero-order valence-corrected chi connectivity index (χ0v) is 16.1. The second-order valence-corrected chi connectivity index (χ2v) is 7.40. The summed E-state index contributed by atoms with van der Waals surface area (Å²) >= 11 is 0. The lowest BCUT2D eigenvalue weighted by Gasteiger charge is -2.34. The molecule has 4 heteroatoms. The molecule has 1 fully saturated rings. The highest BCUT2D eigenvalue weighted by Crippen LogP contribution is 2.15. The van der Waals surface area contributed by atoms with Gasteiger partial charge < -0.3 is 14.7 Å². The van der Waals surface area contributed by atoms with Crippen molar-refractivity contribution in [2.75, 3.05) is 54.4 Å². The molecule has 0 aromatic heterocycles. The molecule has 1 atom stereocenters. The number of unbranched alkanes of at least 4 members (excludes halogenated alkanes) is 3. The second kappa shape index (κ2) is 12.8. The van der Waals surface area contributed by atoms with Crippen molar-refractivity contribution in [2.45, 2.75) is 57.5 Å². The normalized spacial score (nSPS) is 21.0. The fourth-order valence-electron chi connectivity index (χ4n) is 3.10. The topological polar surface area (TPSA) is 21.8 Å². The number of rotatable bonds is 7. The molecule has 0 aliphatic carbocycles. The molecular weight excluding hydrogens is 284 g/mol. The van der Waals surface area contributed by atoms with Gasteiger partial charge in [-0.25, -0.2) is 0 Å². The van der Waals surface area contributed by atoms with Crippen LogP contribution in [0.25, 0.3) is 0 Å². The van der Waals surface area contributed by atoms with Crippen LogP contribution in [-0.2, 0) is 0 Å². The van der Waals surface area contributed by atoms with Crippen LogP contribution in [-0.4, -0.2) is 75.2 Å². The number of hydrogen-bond donors (Lipinski definition) is 1. The van der Waals surface area contributed by atoms with Crippen LogP contribution in [0.15, 0.2) is 12.3 Å². The standard InChI is InChI=1S/C10H24N2.C9H16N2/c1-11(2)9-7-5-6-8-10-12(3)4;1-2-5-9-10-6-4-8-11(9)7-3-1/h5-10H2,1-4H3;3,7,9-10H,1-2,4-6,8H2. The highest BCUT2D eigenvalue weighted by atomic mass is 15.3. The first-order valence-electron chi connectivity index (χ1n) is 9.55. The molecule has 0 radical (unpaired) electrons. The van der Waals surface area contributed by atoms with Crippen LogP contribution in [0.5, 0.6) is 0 Å². The SMILES string of the molecule is C1=CN2CCCNC2CCC1.CN(C)CCCCCCN(C)C. The smallest absolute Gasteiger partial charge is 0.0790 e. The number of nitrogens with one attached hydrogen (secondary N) is 1. The molecular formula is C19H40N4. The minimum atomic E-state index is 0.641. The van der Waals surface area contributed by atoms with Gasteiger partial charge in [-0.1, -0.05) is 18.9 Å². The average molecular weight is 325 g/mol. The van der Waals surface area contributed by atoms with Crippen LogP contribution in [0.2, 0.25) is 0 Å². The molecule has 0 spiro atoms. The van der Waals surface area contributed by atoms with Crippen molar-refractivity contribution >= 4 is 0 Å². The molecule has 2 heterocycles. The monoisotopic (exact) mass is 324 g/mol. The van der Waals surface area contributed by atoms with Crippen molar-refractivity contribution in [3.05, 3.63) is 12.3 Å². The van der Waals surface area contributed by atoms with E-state index in [2.05, 4.69) is 60.5 Å². The largest absolute Gasteiger partial charge is 0.362 e. The lowest BCUT2D eigenvalue weighted by atomic mass is 10.2. The Balaban J connectivity index is 0.000000230. The summed E-state index contributed by atoms with van der Waals surface area (Å²) in [6, 6.07) is 0. The summed E-state index contributed by atoms with van der Waals surface area (Å²) in [5.41, 5.74) is 0. The molecule has 0 aromatic rings. The van der Waals surface area contributed by atoms with E-state index in [0.29, 0.717) is 6.17 Å². The summed E-state index contributed by atoms with van der Waals surface area (Å²) in [4.78, 5) is 6.95. The fraction of sp³-hybridized carbons (Fsp3) is 0.895. The minimum absolute atomic E-state index is 0.641. The molecule has 2 aliphatic rings. The van der Waals surface area contributed by atoms with Crippen LogP contribution in [0, 0.1) is 0 Å². The third-order valence-electron chi connectivity index (χ3n) is 4.48. The van der Waals surface area contributed by atoms with Crippen LogP contribution in [0.1, 0.15) is 51.4 Å². The van der Waals surface area contributed by atoms with Gasteiger partial charge in [-0.2, -0.15) is 0 Å². The molecule has 1 N–H and O–H groups in total. The molecule has 0 saturated carbocycles. The van der Waals surface area contributed by atoms with E-state index < -0.39 is 0 Å². The third kappa shape index (κ3) is 10.7.